The number of hydrogen-bond donors (Lipinski definition) is 3. The molecule has 1 heterocycles. The molecule has 1 aromatic carbocycles. The minimum Gasteiger partial charge on any atom is -0.508 e. The highest BCUT2D eigenvalue weighted by Gasteiger charge is 2.21. The zero-order chi connectivity index (χ0) is 10.3. The Morgan fingerprint density at radius 2 is 2.00 bits per heavy atom. The van der Waals surface area contributed by atoms with Gasteiger partial charge in [-0.2, -0.15) is 0 Å². The molecule has 3 nitrogen and oxygen atoms in total. The third-order valence-electron chi connectivity index (χ3n) is 2.35. The van der Waals surface area contributed by atoms with Crippen LogP contribution in [0, 0.1) is 0 Å². The monoisotopic (exact) mass is 190 g/mol. The van der Waals surface area contributed by atoms with Gasteiger partial charge in [0.25, 0.3) is 0 Å². The van der Waals surface area contributed by atoms with Gasteiger partial charge in [0.2, 0.25) is 0 Å². The van der Waals surface area contributed by atoms with Crippen molar-refractivity contribution in [2.75, 3.05) is 0 Å². The van der Waals surface area contributed by atoms with E-state index in [-0.39, 0.29) is 5.75 Å². The van der Waals surface area contributed by atoms with E-state index in [0.29, 0.717) is 0 Å². The predicted octanol–water partition coefficient (Wildman–Crippen LogP) is 2.07. The molecule has 74 valence electrons. The summed E-state index contributed by atoms with van der Waals surface area (Å²) in [4.78, 5) is 3.10. The molecule has 0 saturated carbocycles. The van der Waals surface area contributed by atoms with Gasteiger partial charge in [-0.1, -0.05) is 0 Å². The Morgan fingerprint density at radius 3 is 2.64 bits per heavy atom. The van der Waals surface area contributed by atoms with E-state index < -0.39 is 5.54 Å². The molecule has 0 aliphatic heterocycles. The van der Waals surface area contributed by atoms with Crippen LogP contribution in [0.2, 0.25) is 0 Å². The first-order valence-electron chi connectivity index (χ1n) is 4.58. The molecule has 0 aliphatic rings. The molecule has 0 bridgehead atoms. The van der Waals surface area contributed by atoms with Crippen molar-refractivity contribution in [1.29, 1.82) is 0 Å². The van der Waals surface area contributed by atoms with Crippen molar-refractivity contribution < 1.29 is 5.11 Å². The number of aromatic hydroxyl groups is 1. The van der Waals surface area contributed by atoms with Crippen LogP contribution in [-0.2, 0) is 5.54 Å². The predicted molar refractivity (Wildman–Crippen MR) is 57.2 cm³/mol. The molecule has 0 amide bonds. The summed E-state index contributed by atoms with van der Waals surface area (Å²) in [7, 11) is 0. The molecule has 0 fully saturated rings. The van der Waals surface area contributed by atoms with E-state index in [1.165, 1.54) is 0 Å². The second kappa shape index (κ2) is 2.75. The third-order valence-corrected chi connectivity index (χ3v) is 2.35. The van der Waals surface area contributed by atoms with E-state index in [4.69, 9.17) is 5.73 Å². The topological polar surface area (TPSA) is 62.0 Å². The quantitative estimate of drug-likeness (QED) is 0.644. The van der Waals surface area contributed by atoms with E-state index in [0.717, 1.165) is 16.5 Å². The molecule has 0 unspecified atom stereocenters. The Kier molecular flexibility index (Phi) is 1.79. The van der Waals surface area contributed by atoms with Crippen LogP contribution in [0.5, 0.6) is 5.75 Å². The highest BCUT2D eigenvalue weighted by Crippen LogP contribution is 2.33. The van der Waals surface area contributed by atoms with Crippen molar-refractivity contribution in [3.63, 3.8) is 0 Å². The zero-order valence-corrected chi connectivity index (χ0v) is 8.33. The number of aromatic amines is 1. The lowest BCUT2D eigenvalue weighted by molar-refractivity contribution is 0.443. The van der Waals surface area contributed by atoms with E-state index in [2.05, 4.69) is 4.98 Å². The lowest BCUT2D eigenvalue weighted by atomic mass is 9.93. The molecule has 1 aromatic heterocycles. The molecule has 0 aliphatic carbocycles. The average molecular weight is 190 g/mol. The lowest BCUT2D eigenvalue weighted by Gasteiger charge is -2.21. The van der Waals surface area contributed by atoms with Crippen molar-refractivity contribution in [3.05, 3.63) is 30.0 Å². The fourth-order valence-electron chi connectivity index (χ4n) is 1.77. The molecule has 3 heteroatoms. The number of phenols is 1. The van der Waals surface area contributed by atoms with Crippen LogP contribution in [0.4, 0.5) is 0 Å². The number of nitrogens with one attached hydrogen (secondary N) is 1. The van der Waals surface area contributed by atoms with Gasteiger partial charge in [-0.15, -0.1) is 0 Å². The molecular weight excluding hydrogens is 176 g/mol. The summed E-state index contributed by atoms with van der Waals surface area (Å²) < 4.78 is 0. The first kappa shape index (κ1) is 9.09. The SMILES string of the molecule is CC(C)(N)c1c(O)ccc2cc[nH]c12. The van der Waals surface area contributed by atoms with Gasteiger partial charge in [0, 0.05) is 17.3 Å². The lowest BCUT2D eigenvalue weighted by Crippen LogP contribution is -2.29. The van der Waals surface area contributed by atoms with Crippen LogP contribution in [-0.4, -0.2) is 10.1 Å². The minimum absolute atomic E-state index is 0.243. The van der Waals surface area contributed by atoms with Gasteiger partial charge >= 0.3 is 0 Å². The highest BCUT2D eigenvalue weighted by molar-refractivity contribution is 5.85. The highest BCUT2D eigenvalue weighted by atomic mass is 16.3. The smallest absolute Gasteiger partial charge is 0.122 e. The average Bonchev–Trinajstić information content (AvgIpc) is 2.48. The van der Waals surface area contributed by atoms with Crippen LogP contribution < -0.4 is 5.73 Å². The van der Waals surface area contributed by atoms with Crippen LogP contribution in [0.1, 0.15) is 19.4 Å². The van der Waals surface area contributed by atoms with Gasteiger partial charge in [0.1, 0.15) is 5.75 Å². The van der Waals surface area contributed by atoms with Gasteiger partial charge in [0.15, 0.2) is 0 Å². The Balaban J connectivity index is 2.83. The Hall–Kier alpha value is -1.48. The second-order valence-electron chi connectivity index (χ2n) is 4.12. The number of hydrogen-bond acceptors (Lipinski definition) is 2. The van der Waals surface area contributed by atoms with Gasteiger partial charge < -0.3 is 15.8 Å². The molecular formula is C11H14N2O. The minimum atomic E-state index is -0.547. The van der Waals surface area contributed by atoms with Crippen LogP contribution in [0.15, 0.2) is 24.4 Å². The van der Waals surface area contributed by atoms with Crippen molar-refractivity contribution >= 4 is 10.9 Å². The molecule has 2 aromatic rings. The van der Waals surface area contributed by atoms with Crippen LogP contribution in [0.3, 0.4) is 0 Å². The fourth-order valence-corrected chi connectivity index (χ4v) is 1.77. The Bertz CT molecular complexity index is 466. The molecule has 0 radical (unpaired) electrons. The molecule has 0 saturated heterocycles. The maximum absolute atomic E-state index is 9.76. The summed E-state index contributed by atoms with van der Waals surface area (Å²) in [6.07, 6.45) is 1.85. The number of aromatic nitrogens is 1. The first-order chi connectivity index (χ1) is 6.50. The standard InChI is InChI=1S/C11H14N2O/c1-11(2,12)9-8(14)4-3-7-5-6-13-10(7)9/h3-6,13-14H,12H2,1-2H3. The van der Waals surface area contributed by atoms with Crippen molar-refractivity contribution in [3.8, 4) is 5.75 Å². The Labute approximate surface area is 82.6 Å². The van der Waals surface area contributed by atoms with Crippen molar-refractivity contribution in [2.45, 2.75) is 19.4 Å². The van der Waals surface area contributed by atoms with Gasteiger partial charge in [-0.25, -0.2) is 0 Å². The van der Waals surface area contributed by atoms with Gasteiger partial charge in [-0.3, -0.25) is 0 Å². The number of fused-ring (bicyclic) bond motifs is 1. The summed E-state index contributed by atoms with van der Waals surface area (Å²) in [6, 6.07) is 5.51. The summed E-state index contributed by atoms with van der Waals surface area (Å²) in [5.74, 6) is 0.243. The van der Waals surface area contributed by atoms with Crippen molar-refractivity contribution in [2.24, 2.45) is 5.73 Å². The third kappa shape index (κ3) is 1.26. The normalized spacial score (nSPS) is 12.2. The zero-order valence-electron chi connectivity index (χ0n) is 8.33. The summed E-state index contributed by atoms with van der Waals surface area (Å²) >= 11 is 0. The molecule has 2 rings (SSSR count). The number of nitrogens with two attached hydrogens (primary N) is 1. The molecule has 0 spiro atoms. The number of rotatable bonds is 1. The molecule has 4 N–H and O–H groups in total. The Morgan fingerprint density at radius 1 is 1.29 bits per heavy atom. The van der Waals surface area contributed by atoms with E-state index in [9.17, 15) is 5.11 Å². The second-order valence-corrected chi connectivity index (χ2v) is 4.12. The number of H-pyrrole nitrogens is 1. The summed E-state index contributed by atoms with van der Waals surface area (Å²) in [6.45, 7) is 3.75. The molecule has 14 heavy (non-hydrogen) atoms. The van der Waals surface area contributed by atoms with Gasteiger partial charge in [-0.05, 0) is 37.4 Å². The van der Waals surface area contributed by atoms with E-state index in [1.54, 1.807) is 6.07 Å². The maximum Gasteiger partial charge on any atom is 0.122 e. The van der Waals surface area contributed by atoms with E-state index in [1.807, 2.05) is 32.2 Å². The van der Waals surface area contributed by atoms with Crippen LogP contribution in [0.25, 0.3) is 10.9 Å². The van der Waals surface area contributed by atoms with E-state index >= 15 is 0 Å². The maximum atomic E-state index is 9.76. The summed E-state index contributed by atoms with van der Waals surface area (Å²) in [5, 5.41) is 10.8. The largest absolute Gasteiger partial charge is 0.508 e. The number of benzene rings is 1. The molecule has 0 atom stereocenters. The van der Waals surface area contributed by atoms with Crippen LogP contribution >= 0.6 is 0 Å². The first-order valence-corrected chi connectivity index (χ1v) is 4.58. The van der Waals surface area contributed by atoms with Gasteiger partial charge in [0.05, 0.1) is 5.52 Å². The number of phenolic OH excluding ortho intramolecular Hbond substituents is 1. The van der Waals surface area contributed by atoms with Crippen molar-refractivity contribution in [1.82, 2.24) is 4.98 Å². The fraction of sp³-hybridized carbons (Fsp3) is 0.273. The summed E-state index contributed by atoms with van der Waals surface area (Å²) in [5.41, 5.74) is 7.13.